The summed E-state index contributed by atoms with van der Waals surface area (Å²) in [6.07, 6.45) is -2.01. The number of carbonyl (C=O) groups is 3. The lowest BCUT2D eigenvalue weighted by Gasteiger charge is -2.28. The number of alkyl halides is 5. The van der Waals surface area contributed by atoms with E-state index in [0.717, 1.165) is 29.8 Å². The molecule has 3 amide bonds. The first kappa shape index (κ1) is 75.5. The number of benzene rings is 7. The summed E-state index contributed by atoms with van der Waals surface area (Å²) in [5.41, 5.74) is -4.56. The van der Waals surface area contributed by atoms with Crippen LogP contribution in [0.3, 0.4) is 0 Å². The monoisotopic (exact) mass is 1470 g/mol. The van der Waals surface area contributed by atoms with Crippen molar-refractivity contribution < 1.29 is 102 Å². The van der Waals surface area contributed by atoms with Crippen molar-refractivity contribution in [3.63, 3.8) is 0 Å². The number of fused-ring (bicyclic) bond motifs is 4. The number of phenols is 3. The number of allylic oxidation sites excluding steroid dienone is 3. The van der Waals surface area contributed by atoms with Gasteiger partial charge in [0.2, 0.25) is 35.0 Å². The van der Waals surface area contributed by atoms with Gasteiger partial charge in [-0.2, -0.15) is 0 Å². The highest BCUT2D eigenvalue weighted by molar-refractivity contribution is 5.96. The molecule has 4 aliphatic carbocycles. The number of rotatable bonds is 23. The van der Waals surface area contributed by atoms with Crippen LogP contribution in [-0.4, -0.2) is 75.7 Å². The van der Waals surface area contributed by atoms with E-state index in [1.165, 1.54) is 130 Å². The Morgan fingerprint density at radius 2 is 0.783 bits per heavy atom. The maximum Gasteiger partial charge on any atom is 0.224 e. The van der Waals surface area contributed by atoms with E-state index in [2.05, 4.69) is 16.0 Å². The van der Waals surface area contributed by atoms with Crippen LogP contribution in [0.4, 0.5) is 35.1 Å². The minimum Gasteiger partial charge on any atom is -0.502 e. The van der Waals surface area contributed by atoms with E-state index < -0.39 is 64.0 Å². The largest absolute Gasteiger partial charge is 0.502 e. The van der Waals surface area contributed by atoms with Crippen LogP contribution in [0.1, 0.15) is 126 Å². The molecule has 17 nitrogen and oxygen atoms in total. The summed E-state index contributed by atoms with van der Waals surface area (Å²) in [6, 6.07) is 34.7. The number of furan rings is 2. The summed E-state index contributed by atoms with van der Waals surface area (Å²) in [5, 5.41) is 38.9. The first-order chi connectivity index (χ1) is 50.6. The highest BCUT2D eigenvalue weighted by atomic mass is 19.2. The zero-order valence-electron chi connectivity index (χ0n) is 59.0. The van der Waals surface area contributed by atoms with Gasteiger partial charge >= 0.3 is 0 Å². The Kier molecular flexibility index (Phi) is 21.8. The molecule has 1 saturated carbocycles. The Morgan fingerprint density at radius 3 is 1.14 bits per heavy atom. The molecule has 554 valence electrons. The Morgan fingerprint density at radius 1 is 0.443 bits per heavy atom. The van der Waals surface area contributed by atoms with Crippen LogP contribution in [0.25, 0.3) is 16.7 Å². The number of nitrogens with one attached hydrogen (secondary N) is 3. The van der Waals surface area contributed by atoms with Gasteiger partial charge in [0, 0.05) is 24.1 Å². The van der Waals surface area contributed by atoms with Gasteiger partial charge in [-0.3, -0.25) is 14.4 Å². The number of halogens is 8. The van der Waals surface area contributed by atoms with Crippen molar-refractivity contribution in [3.05, 3.63) is 259 Å². The lowest BCUT2D eigenvalue weighted by Crippen LogP contribution is -2.26. The summed E-state index contributed by atoms with van der Waals surface area (Å²) in [5.74, 6) is -2.83. The van der Waals surface area contributed by atoms with Crippen molar-refractivity contribution in [2.75, 3.05) is 42.7 Å². The number of methoxy groups -OCH3 is 6. The predicted octanol–water partition coefficient (Wildman–Crippen LogP) is 16.6. The molecule has 25 heteroatoms. The fourth-order valence-electron chi connectivity index (χ4n) is 14.3. The van der Waals surface area contributed by atoms with E-state index in [9.17, 15) is 42.9 Å². The van der Waals surface area contributed by atoms with Crippen LogP contribution in [0.5, 0.6) is 51.7 Å². The molecule has 6 N–H and O–H groups in total. The van der Waals surface area contributed by atoms with Gasteiger partial charge in [-0.1, -0.05) is 54.1 Å². The third kappa shape index (κ3) is 13.9. The zero-order valence-corrected chi connectivity index (χ0v) is 59.0. The molecule has 6 atom stereocenters. The lowest BCUT2D eigenvalue weighted by molar-refractivity contribution is -0.121. The Balaban J connectivity index is 0.000000159. The topological polar surface area (TPSA) is 230 Å². The van der Waals surface area contributed by atoms with Gasteiger partial charge in [0.05, 0.1) is 93.0 Å². The first-order valence-corrected chi connectivity index (χ1v) is 33.3. The maximum absolute atomic E-state index is 16.8. The smallest absolute Gasteiger partial charge is 0.224 e. The van der Waals surface area contributed by atoms with Crippen LogP contribution in [0.2, 0.25) is 0 Å². The number of phenolic OH excluding ortho intramolecular Hbond substituents is 3. The van der Waals surface area contributed by atoms with Crippen LogP contribution in [-0.2, 0) is 56.4 Å². The van der Waals surface area contributed by atoms with E-state index in [-0.39, 0.29) is 164 Å². The van der Waals surface area contributed by atoms with Crippen LogP contribution in [0.15, 0.2) is 184 Å². The molecular weight excluding hydrogens is 1390 g/mol. The van der Waals surface area contributed by atoms with Crippen molar-refractivity contribution in [2.24, 2.45) is 0 Å². The normalized spacial score (nSPS) is 19.2. The first-order valence-electron chi connectivity index (χ1n) is 33.3. The van der Waals surface area contributed by atoms with Crippen molar-refractivity contribution in [1.29, 1.82) is 0 Å². The average Bonchev–Trinajstić information content (AvgIpc) is 1.48. The number of hydrogen-bond acceptors (Lipinski definition) is 14. The van der Waals surface area contributed by atoms with Crippen LogP contribution < -0.4 is 44.4 Å². The molecule has 2 heterocycles. The molecule has 1 spiro atoms. The Hall–Kier alpha value is -11.6. The summed E-state index contributed by atoms with van der Waals surface area (Å²) >= 11 is 0. The molecule has 0 saturated heterocycles. The third-order valence-electron chi connectivity index (χ3n) is 20.0. The van der Waals surface area contributed by atoms with E-state index in [1.54, 1.807) is 37.3 Å². The van der Waals surface area contributed by atoms with Gasteiger partial charge in [0.15, 0.2) is 63.8 Å². The van der Waals surface area contributed by atoms with Crippen molar-refractivity contribution >= 4 is 34.4 Å². The molecule has 7 aromatic carbocycles. The zero-order chi connectivity index (χ0) is 76.3. The molecule has 1 fully saturated rings. The lowest BCUT2D eigenvalue weighted by atomic mass is 9.84. The SMILES string of the molecule is COc1cc(C(F)C2(F)C(C)=C(CC(=O)NCc3ccccc3)c3cc(F)ccc32)cc(OC)c1O.COc1cc(C(F)C2(F)C(C)=C(CC(=O)NCc3ccco3)c3cc(F)ccc32)cc(OC)c1O.COc1cc(C2(F)CC23C(C)=C(CC(=O)NCc2ccco2)c2cc(F)ccc23)cc(OC)c1O. The summed E-state index contributed by atoms with van der Waals surface area (Å²) in [7, 11) is 7.86. The molecule has 13 rings (SSSR count). The van der Waals surface area contributed by atoms with Gasteiger partial charge in [0.1, 0.15) is 29.0 Å². The second-order valence-electron chi connectivity index (χ2n) is 25.7. The minimum atomic E-state index is -2.70. The number of amides is 3. The average molecular weight is 1470 g/mol. The van der Waals surface area contributed by atoms with Crippen LogP contribution in [0, 0.1) is 17.5 Å². The van der Waals surface area contributed by atoms with E-state index in [1.807, 2.05) is 30.3 Å². The summed E-state index contributed by atoms with van der Waals surface area (Å²) in [6.45, 7) is 5.19. The molecule has 4 aliphatic rings. The number of ether oxygens (including phenoxy) is 6. The van der Waals surface area contributed by atoms with Crippen molar-refractivity contribution in [2.45, 2.75) is 101 Å². The molecule has 6 unspecified atom stereocenters. The van der Waals surface area contributed by atoms with Gasteiger partial charge < -0.3 is 68.5 Å². The molecule has 0 aliphatic heterocycles. The van der Waals surface area contributed by atoms with E-state index in [4.69, 9.17) is 37.3 Å². The van der Waals surface area contributed by atoms with Gasteiger partial charge in [-0.15, -0.1) is 0 Å². The summed E-state index contributed by atoms with van der Waals surface area (Å²) < 4.78 is 166. The number of hydrogen-bond donors (Lipinski definition) is 6. The Labute approximate surface area is 604 Å². The third-order valence-corrected chi connectivity index (χ3v) is 20.0. The second-order valence-corrected chi connectivity index (χ2v) is 25.7. The van der Waals surface area contributed by atoms with E-state index >= 15 is 22.0 Å². The predicted molar refractivity (Wildman–Crippen MR) is 376 cm³/mol. The minimum absolute atomic E-state index is 0.0248. The van der Waals surface area contributed by atoms with Crippen LogP contribution >= 0.6 is 0 Å². The molecule has 0 bridgehead atoms. The van der Waals surface area contributed by atoms with E-state index in [0.29, 0.717) is 33.8 Å². The second kappa shape index (κ2) is 30.6. The van der Waals surface area contributed by atoms with Gasteiger partial charge in [0.25, 0.3) is 0 Å². The van der Waals surface area contributed by atoms with Crippen molar-refractivity contribution in [1.82, 2.24) is 16.0 Å². The molecule has 106 heavy (non-hydrogen) atoms. The standard InChI is InChI=1S/C28H26F3NO4.C27H25F2NO5.C26H24F3NO5/c1-16-20(14-25(33)32-15-17-7-5-4-6-8-17)21-13-19(29)9-10-22(21)28(16,31)27(30)18-11-23(35-2)26(34)24(12-18)36-3;1-15-19(12-24(31)30-13-18-5-4-8-35-18)20-11-17(28)6-7-21(20)26(15)14-27(26,29)16-9-22(33-2)25(32)23(10-16)34-3;1-14-18(12-23(31)30-13-17-5-4-8-35-17)19-11-16(27)6-7-20(19)26(14,29)25(28)15-9-21(33-2)24(32)22(10-15)34-3/h4-13,27,34H,14-15H2,1-3H3,(H,32,33);4-11,32H,12-14H2,1-3H3,(H,30,31);4-11,25,32H,12-13H2,1-3H3,(H,30,31). The number of aromatic hydroxyl groups is 3. The van der Waals surface area contributed by atoms with Crippen molar-refractivity contribution in [3.8, 4) is 51.7 Å². The fourth-order valence-corrected chi connectivity index (χ4v) is 14.3. The molecule has 9 aromatic rings. The van der Waals surface area contributed by atoms with Gasteiger partial charge in [-0.05, 0) is 190 Å². The molecule has 2 aromatic heterocycles. The van der Waals surface area contributed by atoms with Gasteiger partial charge in [-0.25, -0.2) is 35.1 Å². The Bertz CT molecular complexity index is 4730. The molecule has 0 radical (unpaired) electrons. The quantitative estimate of drug-likeness (QED) is 0.0327. The fraction of sp³-hybridized carbons (Fsp3) is 0.272. The molecular formula is C81H75F8N3O14. The number of carbonyl (C=O) groups excluding carboxylic acids is 3. The highest BCUT2D eigenvalue weighted by Crippen LogP contribution is 2.75. The maximum atomic E-state index is 16.8. The highest BCUT2D eigenvalue weighted by Gasteiger charge is 2.74. The summed E-state index contributed by atoms with van der Waals surface area (Å²) in [4.78, 5) is 38.2.